The van der Waals surface area contributed by atoms with Crippen molar-refractivity contribution in [3.05, 3.63) is 19.1 Å². The average Bonchev–Trinajstić information content (AvgIpc) is 2.60. The van der Waals surface area contributed by atoms with Crippen LogP contribution < -0.4 is 0 Å². The molecule has 0 aliphatic rings. The summed E-state index contributed by atoms with van der Waals surface area (Å²) in [5.41, 5.74) is 0. The molecule has 0 aliphatic heterocycles. The first kappa shape index (κ1) is 23.7. The number of rotatable bonds is 20. The summed E-state index contributed by atoms with van der Waals surface area (Å²) in [7, 11) is 0. The van der Waals surface area contributed by atoms with E-state index in [4.69, 9.17) is 0 Å². The zero-order valence-corrected chi connectivity index (χ0v) is 17.0. The predicted octanol–water partition coefficient (Wildman–Crippen LogP) is 9.20. The Hall–Kier alpha value is -0.260. The SMILES string of the molecule is [CH2]CCCCCCC=CCCCCCCCCCCCCCCC. The highest BCUT2D eigenvalue weighted by Gasteiger charge is 1.93. The maximum absolute atomic E-state index is 3.89. The molecular weight excluding hydrogens is 288 g/mol. The van der Waals surface area contributed by atoms with Crippen molar-refractivity contribution < 1.29 is 0 Å². The van der Waals surface area contributed by atoms with Crippen molar-refractivity contribution >= 4 is 0 Å². The van der Waals surface area contributed by atoms with Gasteiger partial charge in [0.1, 0.15) is 0 Å². The van der Waals surface area contributed by atoms with Crippen LogP contribution in [0.25, 0.3) is 0 Å². The van der Waals surface area contributed by atoms with E-state index in [1.54, 1.807) is 0 Å². The molecule has 0 fully saturated rings. The molecule has 0 aromatic heterocycles. The van der Waals surface area contributed by atoms with Crippen molar-refractivity contribution in [1.82, 2.24) is 0 Å². The Balaban J connectivity index is 3.02. The fourth-order valence-corrected chi connectivity index (χ4v) is 3.31. The van der Waals surface area contributed by atoms with Crippen LogP contribution in [0.1, 0.15) is 135 Å². The second-order valence-electron chi connectivity index (χ2n) is 7.56. The lowest BCUT2D eigenvalue weighted by Gasteiger charge is -2.02. The Morgan fingerprint density at radius 1 is 0.458 bits per heavy atom. The van der Waals surface area contributed by atoms with Gasteiger partial charge in [-0.15, -0.1) is 0 Å². The Labute approximate surface area is 154 Å². The Morgan fingerprint density at radius 2 is 0.792 bits per heavy atom. The van der Waals surface area contributed by atoms with E-state index in [0.717, 1.165) is 6.42 Å². The molecule has 0 heterocycles. The monoisotopic (exact) mass is 335 g/mol. The van der Waals surface area contributed by atoms with Crippen molar-refractivity contribution in [3.63, 3.8) is 0 Å². The van der Waals surface area contributed by atoms with Crippen molar-refractivity contribution in [3.8, 4) is 0 Å². The Morgan fingerprint density at radius 3 is 1.17 bits per heavy atom. The Bertz CT molecular complexity index is 228. The van der Waals surface area contributed by atoms with E-state index in [-0.39, 0.29) is 0 Å². The summed E-state index contributed by atoms with van der Waals surface area (Å²) in [4.78, 5) is 0. The van der Waals surface area contributed by atoms with Gasteiger partial charge in [-0.3, -0.25) is 0 Å². The third-order valence-electron chi connectivity index (χ3n) is 5.01. The van der Waals surface area contributed by atoms with Gasteiger partial charge in [0.05, 0.1) is 0 Å². The van der Waals surface area contributed by atoms with Gasteiger partial charge in [-0.05, 0) is 25.7 Å². The summed E-state index contributed by atoms with van der Waals surface area (Å²) in [6.07, 6.45) is 32.8. The number of hydrogen-bond donors (Lipinski definition) is 0. The van der Waals surface area contributed by atoms with Crippen LogP contribution >= 0.6 is 0 Å². The van der Waals surface area contributed by atoms with Crippen LogP contribution in [-0.4, -0.2) is 0 Å². The minimum absolute atomic E-state index is 1.11. The zero-order valence-electron chi connectivity index (χ0n) is 17.0. The van der Waals surface area contributed by atoms with Gasteiger partial charge in [-0.2, -0.15) is 0 Å². The third-order valence-corrected chi connectivity index (χ3v) is 5.01. The first-order valence-corrected chi connectivity index (χ1v) is 11.4. The van der Waals surface area contributed by atoms with E-state index in [2.05, 4.69) is 26.0 Å². The lowest BCUT2D eigenvalue weighted by atomic mass is 10.0. The maximum Gasteiger partial charge on any atom is -0.0351 e. The molecule has 0 aromatic carbocycles. The highest BCUT2D eigenvalue weighted by atomic mass is 14.0. The molecule has 0 rings (SSSR count). The summed E-state index contributed by atoms with van der Waals surface area (Å²) in [6.45, 7) is 6.19. The van der Waals surface area contributed by atoms with Crippen molar-refractivity contribution in [1.29, 1.82) is 0 Å². The van der Waals surface area contributed by atoms with E-state index in [9.17, 15) is 0 Å². The number of hydrogen-bond acceptors (Lipinski definition) is 0. The first-order valence-electron chi connectivity index (χ1n) is 11.4. The highest BCUT2D eigenvalue weighted by molar-refractivity contribution is 4.81. The molecule has 0 nitrogen and oxygen atoms in total. The van der Waals surface area contributed by atoms with Crippen LogP contribution in [0.15, 0.2) is 12.2 Å². The normalized spacial score (nSPS) is 11.6. The van der Waals surface area contributed by atoms with Crippen molar-refractivity contribution in [2.24, 2.45) is 0 Å². The van der Waals surface area contributed by atoms with Gasteiger partial charge >= 0.3 is 0 Å². The minimum Gasteiger partial charge on any atom is -0.0885 e. The smallest absolute Gasteiger partial charge is 0.0351 e. The van der Waals surface area contributed by atoms with Crippen LogP contribution in [0, 0.1) is 6.92 Å². The molecule has 0 unspecified atom stereocenters. The lowest BCUT2D eigenvalue weighted by molar-refractivity contribution is 0.540. The highest BCUT2D eigenvalue weighted by Crippen LogP contribution is 2.13. The van der Waals surface area contributed by atoms with E-state index in [1.165, 1.54) is 122 Å². The molecule has 0 saturated heterocycles. The van der Waals surface area contributed by atoms with Crippen LogP contribution in [0.2, 0.25) is 0 Å². The van der Waals surface area contributed by atoms with Gasteiger partial charge in [0.25, 0.3) is 0 Å². The molecule has 0 heteroatoms. The molecule has 0 atom stereocenters. The molecule has 0 aliphatic carbocycles. The summed E-state index contributed by atoms with van der Waals surface area (Å²) in [5.74, 6) is 0. The average molecular weight is 336 g/mol. The second-order valence-corrected chi connectivity index (χ2v) is 7.56. The van der Waals surface area contributed by atoms with Crippen molar-refractivity contribution in [2.45, 2.75) is 135 Å². The van der Waals surface area contributed by atoms with Gasteiger partial charge in [0, 0.05) is 0 Å². The molecule has 24 heavy (non-hydrogen) atoms. The van der Waals surface area contributed by atoms with Crippen LogP contribution in [0.3, 0.4) is 0 Å². The maximum atomic E-state index is 3.89. The molecule has 0 amide bonds. The van der Waals surface area contributed by atoms with E-state index >= 15 is 0 Å². The summed E-state index contributed by atoms with van der Waals surface area (Å²) in [6, 6.07) is 0. The fraction of sp³-hybridized carbons (Fsp3) is 0.875. The van der Waals surface area contributed by atoms with Crippen LogP contribution in [-0.2, 0) is 0 Å². The standard InChI is InChI=1S/C24H47/c1-3-5-7-9-11-13-15-17-19-21-23-24-22-20-18-16-14-12-10-8-6-4-2/h15,17H,1,3-14,16,18-24H2,2H3. The van der Waals surface area contributed by atoms with Crippen molar-refractivity contribution in [2.75, 3.05) is 0 Å². The largest absolute Gasteiger partial charge is 0.0885 e. The quantitative estimate of drug-likeness (QED) is 0.154. The third kappa shape index (κ3) is 21.7. The van der Waals surface area contributed by atoms with E-state index < -0.39 is 0 Å². The predicted molar refractivity (Wildman–Crippen MR) is 113 cm³/mol. The first-order chi connectivity index (χ1) is 11.9. The van der Waals surface area contributed by atoms with Gasteiger partial charge in [0.15, 0.2) is 0 Å². The fourth-order valence-electron chi connectivity index (χ4n) is 3.31. The molecule has 143 valence electrons. The lowest BCUT2D eigenvalue weighted by Crippen LogP contribution is -1.82. The minimum atomic E-state index is 1.11. The van der Waals surface area contributed by atoms with Gasteiger partial charge in [0.2, 0.25) is 0 Å². The van der Waals surface area contributed by atoms with Crippen LogP contribution in [0.5, 0.6) is 0 Å². The van der Waals surface area contributed by atoms with Gasteiger partial charge in [-0.25, -0.2) is 0 Å². The topological polar surface area (TPSA) is 0 Å². The van der Waals surface area contributed by atoms with E-state index in [1.807, 2.05) is 0 Å². The number of allylic oxidation sites excluding steroid dienone is 2. The summed E-state index contributed by atoms with van der Waals surface area (Å²) in [5, 5.41) is 0. The molecular formula is C24H47. The van der Waals surface area contributed by atoms with E-state index in [0.29, 0.717) is 0 Å². The summed E-state index contributed by atoms with van der Waals surface area (Å²) < 4.78 is 0. The van der Waals surface area contributed by atoms with Crippen LogP contribution in [0.4, 0.5) is 0 Å². The molecule has 0 saturated carbocycles. The molecule has 0 spiro atoms. The zero-order chi connectivity index (χ0) is 17.6. The molecule has 1 radical (unpaired) electrons. The van der Waals surface area contributed by atoms with Gasteiger partial charge in [-0.1, -0.05) is 129 Å². The van der Waals surface area contributed by atoms with Gasteiger partial charge < -0.3 is 0 Å². The summed E-state index contributed by atoms with van der Waals surface area (Å²) >= 11 is 0. The second kappa shape index (κ2) is 22.7. The molecule has 0 bridgehead atoms. The molecule has 0 aromatic rings. The molecule has 0 N–H and O–H groups in total. The Kier molecular flexibility index (Phi) is 22.5. The number of unbranched alkanes of at least 4 members (excludes halogenated alkanes) is 18.